The second-order valence-corrected chi connectivity index (χ2v) is 8.32. The van der Waals surface area contributed by atoms with Crippen molar-refractivity contribution >= 4 is 22.4 Å². The Morgan fingerprint density at radius 1 is 1.21 bits per heavy atom. The Morgan fingerprint density at radius 2 is 2.00 bits per heavy atom. The van der Waals surface area contributed by atoms with E-state index in [1.807, 2.05) is 46.6 Å². The number of anilines is 1. The van der Waals surface area contributed by atoms with E-state index in [2.05, 4.69) is 27.2 Å². The van der Waals surface area contributed by atoms with Crippen LogP contribution in [0, 0.1) is 5.92 Å². The molecule has 28 heavy (non-hydrogen) atoms. The van der Waals surface area contributed by atoms with E-state index >= 15 is 0 Å². The van der Waals surface area contributed by atoms with E-state index < -0.39 is 0 Å². The number of likely N-dealkylation sites (tertiary alicyclic amines) is 1. The summed E-state index contributed by atoms with van der Waals surface area (Å²) in [4.78, 5) is 19.5. The molecule has 1 saturated heterocycles. The van der Waals surface area contributed by atoms with Gasteiger partial charge in [-0.3, -0.25) is 19.7 Å². The van der Waals surface area contributed by atoms with Crippen LogP contribution in [0.25, 0.3) is 0 Å². The molecule has 4 rings (SSSR count). The number of nitrogens with one attached hydrogen (secondary N) is 1. The average Bonchev–Trinajstić information content (AvgIpc) is 3.36. The molecular weight excluding hydrogens is 370 g/mol. The fraction of sp³-hybridized carbons (Fsp3) is 0.381. The number of amides is 1. The van der Waals surface area contributed by atoms with Crippen LogP contribution in [0.15, 0.2) is 48.1 Å². The number of benzene rings is 1. The van der Waals surface area contributed by atoms with Gasteiger partial charge in [0.05, 0.1) is 12.2 Å². The maximum atomic E-state index is 12.5. The minimum atomic E-state index is -0.127. The second-order valence-electron chi connectivity index (χ2n) is 7.46. The van der Waals surface area contributed by atoms with Crippen molar-refractivity contribution in [3.63, 3.8) is 0 Å². The summed E-state index contributed by atoms with van der Waals surface area (Å²) >= 11 is 1.49. The third-order valence-electron chi connectivity index (χ3n) is 5.15. The van der Waals surface area contributed by atoms with Gasteiger partial charge >= 0.3 is 0 Å². The number of nitrogens with zero attached hydrogens (tertiary/aromatic N) is 4. The molecule has 1 aromatic carbocycles. The molecule has 0 radical (unpaired) electrons. The molecule has 1 amide bonds. The summed E-state index contributed by atoms with van der Waals surface area (Å²) in [5.74, 6) is 0.700. The van der Waals surface area contributed by atoms with Crippen molar-refractivity contribution < 1.29 is 4.79 Å². The zero-order valence-electron chi connectivity index (χ0n) is 16.0. The predicted molar refractivity (Wildman–Crippen MR) is 112 cm³/mol. The topological polar surface area (TPSA) is 63.1 Å². The first-order valence-corrected chi connectivity index (χ1v) is 10.6. The van der Waals surface area contributed by atoms with Crippen LogP contribution in [0.2, 0.25) is 0 Å². The molecule has 0 bridgehead atoms. The summed E-state index contributed by atoms with van der Waals surface area (Å²) < 4.78 is 1.86. The molecule has 3 heterocycles. The van der Waals surface area contributed by atoms with E-state index in [-0.39, 0.29) is 5.91 Å². The maximum absolute atomic E-state index is 12.5. The monoisotopic (exact) mass is 395 g/mol. The number of carbonyl (C=O) groups is 1. The van der Waals surface area contributed by atoms with Crippen LogP contribution in [0.1, 0.15) is 41.4 Å². The van der Waals surface area contributed by atoms with E-state index in [4.69, 9.17) is 0 Å². The first kappa shape index (κ1) is 18.8. The van der Waals surface area contributed by atoms with Gasteiger partial charge in [-0.2, -0.15) is 5.10 Å². The molecule has 0 aliphatic carbocycles. The van der Waals surface area contributed by atoms with Gasteiger partial charge in [0.1, 0.15) is 0 Å². The molecule has 0 spiro atoms. The van der Waals surface area contributed by atoms with Gasteiger partial charge in [-0.25, -0.2) is 4.98 Å². The van der Waals surface area contributed by atoms with Gasteiger partial charge in [0, 0.05) is 29.9 Å². The highest BCUT2D eigenvalue weighted by Crippen LogP contribution is 2.21. The van der Waals surface area contributed by atoms with Crippen LogP contribution in [0.4, 0.5) is 5.13 Å². The molecule has 0 saturated carbocycles. The van der Waals surface area contributed by atoms with Crippen molar-refractivity contribution in [2.24, 2.45) is 5.92 Å². The Balaban J connectivity index is 1.31. The first-order chi connectivity index (χ1) is 13.7. The SMILES string of the molecule is CC1CCN(Cc2csc(NC(=O)c3ccc(Cn4cccn4)cc3)n2)CC1. The van der Waals surface area contributed by atoms with Crippen LogP contribution < -0.4 is 5.32 Å². The summed E-state index contributed by atoms with van der Waals surface area (Å²) in [7, 11) is 0. The quantitative estimate of drug-likeness (QED) is 0.688. The largest absolute Gasteiger partial charge is 0.298 e. The fourth-order valence-corrected chi connectivity index (χ4v) is 4.09. The molecule has 7 heteroatoms. The van der Waals surface area contributed by atoms with Crippen LogP contribution in [0.5, 0.6) is 0 Å². The van der Waals surface area contributed by atoms with Gasteiger partial charge in [-0.15, -0.1) is 11.3 Å². The molecule has 1 aliphatic rings. The highest BCUT2D eigenvalue weighted by atomic mass is 32.1. The highest BCUT2D eigenvalue weighted by Gasteiger charge is 2.17. The van der Waals surface area contributed by atoms with Crippen molar-refractivity contribution in [2.45, 2.75) is 32.9 Å². The number of hydrogen-bond donors (Lipinski definition) is 1. The summed E-state index contributed by atoms with van der Waals surface area (Å²) in [6.45, 7) is 6.13. The lowest BCUT2D eigenvalue weighted by Gasteiger charge is -2.29. The van der Waals surface area contributed by atoms with Crippen LogP contribution in [-0.4, -0.2) is 38.7 Å². The summed E-state index contributed by atoms with van der Waals surface area (Å²) in [5, 5.41) is 9.82. The standard InChI is InChI=1S/C21H25N5OS/c1-16-7-11-25(12-8-16)14-19-15-28-21(23-19)24-20(27)18-5-3-17(4-6-18)13-26-10-2-9-22-26/h2-6,9-10,15-16H,7-8,11-14H2,1H3,(H,23,24,27). The van der Waals surface area contributed by atoms with Crippen LogP contribution in [-0.2, 0) is 13.1 Å². The second kappa shape index (κ2) is 8.67. The lowest BCUT2D eigenvalue weighted by molar-refractivity contribution is 0.102. The Labute approximate surface area is 169 Å². The fourth-order valence-electron chi connectivity index (χ4n) is 3.40. The molecule has 2 aromatic heterocycles. The van der Waals surface area contributed by atoms with Crippen molar-refractivity contribution in [3.05, 3.63) is 64.9 Å². The molecule has 1 aliphatic heterocycles. The van der Waals surface area contributed by atoms with E-state index in [9.17, 15) is 4.79 Å². The Hall–Kier alpha value is -2.51. The van der Waals surface area contributed by atoms with Gasteiger partial charge < -0.3 is 0 Å². The normalized spacial score (nSPS) is 15.6. The van der Waals surface area contributed by atoms with E-state index in [1.165, 1.54) is 24.2 Å². The van der Waals surface area contributed by atoms with Crippen molar-refractivity contribution in [1.82, 2.24) is 19.7 Å². The van der Waals surface area contributed by atoms with E-state index in [1.54, 1.807) is 6.20 Å². The molecule has 0 unspecified atom stereocenters. The van der Waals surface area contributed by atoms with Crippen LogP contribution in [0.3, 0.4) is 0 Å². The maximum Gasteiger partial charge on any atom is 0.257 e. The van der Waals surface area contributed by atoms with Crippen molar-refractivity contribution in [2.75, 3.05) is 18.4 Å². The number of thiazole rings is 1. The Kier molecular flexibility index (Phi) is 5.83. The molecule has 146 valence electrons. The van der Waals surface area contributed by atoms with Crippen molar-refractivity contribution in [3.8, 4) is 0 Å². The van der Waals surface area contributed by atoms with E-state index in [0.717, 1.165) is 36.8 Å². The third-order valence-corrected chi connectivity index (χ3v) is 5.96. The number of piperidine rings is 1. The van der Waals surface area contributed by atoms with Crippen molar-refractivity contribution in [1.29, 1.82) is 0 Å². The summed E-state index contributed by atoms with van der Waals surface area (Å²) in [6.07, 6.45) is 6.19. The first-order valence-electron chi connectivity index (χ1n) is 9.70. The van der Waals surface area contributed by atoms with Gasteiger partial charge in [0.25, 0.3) is 5.91 Å². The molecule has 1 fully saturated rings. The molecule has 6 nitrogen and oxygen atoms in total. The highest BCUT2D eigenvalue weighted by molar-refractivity contribution is 7.13. The van der Waals surface area contributed by atoms with E-state index in [0.29, 0.717) is 17.2 Å². The summed E-state index contributed by atoms with van der Waals surface area (Å²) in [5.41, 5.74) is 2.77. The van der Waals surface area contributed by atoms with Crippen LogP contribution >= 0.6 is 11.3 Å². The lowest BCUT2D eigenvalue weighted by Crippen LogP contribution is -2.32. The zero-order valence-corrected chi connectivity index (χ0v) is 16.9. The van der Waals surface area contributed by atoms with Gasteiger partial charge in [-0.1, -0.05) is 19.1 Å². The third kappa shape index (κ3) is 4.85. The zero-order chi connectivity index (χ0) is 19.3. The predicted octanol–water partition coefficient (Wildman–Crippen LogP) is 3.87. The molecular formula is C21H25N5OS. The molecule has 3 aromatic rings. The average molecular weight is 396 g/mol. The molecule has 0 atom stereocenters. The number of carbonyl (C=O) groups excluding carboxylic acids is 1. The Bertz CT molecular complexity index is 895. The smallest absolute Gasteiger partial charge is 0.257 e. The van der Waals surface area contributed by atoms with Gasteiger partial charge in [-0.05, 0) is 55.6 Å². The lowest BCUT2D eigenvalue weighted by atomic mass is 9.99. The minimum Gasteiger partial charge on any atom is -0.298 e. The van der Waals surface area contributed by atoms with Gasteiger partial charge in [0.15, 0.2) is 5.13 Å². The Morgan fingerprint density at radius 3 is 2.71 bits per heavy atom. The minimum absolute atomic E-state index is 0.127. The van der Waals surface area contributed by atoms with Gasteiger partial charge in [0.2, 0.25) is 0 Å². The number of hydrogen-bond acceptors (Lipinski definition) is 5. The number of aromatic nitrogens is 3. The molecule has 1 N–H and O–H groups in total. The number of rotatable bonds is 6. The summed E-state index contributed by atoms with van der Waals surface area (Å²) in [6, 6.07) is 9.51.